The molecule has 6 heteroatoms. The largest absolute Gasteiger partial charge is 0.444 e. The summed E-state index contributed by atoms with van der Waals surface area (Å²) in [6.45, 7) is 2.79. The minimum Gasteiger partial charge on any atom is -0.444 e. The molecule has 2 aromatic heterocycles. The second-order valence-electron chi connectivity index (χ2n) is 6.12. The van der Waals surface area contributed by atoms with Gasteiger partial charge in [0.25, 0.3) is 0 Å². The van der Waals surface area contributed by atoms with E-state index in [4.69, 9.17) is 16.0 Å². The number of aromatic nitrogens is 3. The predicted molar refractivity (Wildman–Crippen MR) is 92.6 cm³/mol. The quantitative estimate of drug-likeness (QED) is 0.706. The zero-order valence-corrected chi connectivity index (χ0v) is 14.1. The van der Waals surface area contributed by atoms with Crippen LogP contribution in [0.1, 0.15) is 18.5 Å². The number of hydrogen-bond acceptors (Lipinski definition) is 4. The molecule has 1 aromatic carbocycles. The summed E-state index contributed by atoms with van der Waals surface area (Å²) in [4.78, 5) is 7.08. The summed E-state index contributed by atoms with van der Waals surface area (Å²) in [5, 5.41) is 4.97. The molecule has 0 radical (unpaired) electrons. The molecule has 0 amide bonds. The first-order chi connectivity index (χ1) is 11.8. The summed E-state index contributed by atoms with van der Waals surface area (Å²) in [7, 11) is 0. The van der Waals surface area contributed by atoms with Gasteiger partial charge in [-0.2, -0.15) is 5.10 Å². The third kappa shape index (κ3) is 3.23. The van der Waals surface area contributed by atoms with Crippen molar-refractivity contribution in [3.63, 3.8) is 0 Å². The van der Waals surface area contributed by atoms with E-state index in [2.05, 4.69) is 15.0 Å². The SMILES string of the molecule is Clc1ccccc1-c1nc(CN2CCC[C@@H]2Cn2cccn2)co1. The van der Waals surface area contributed by atoms with Crippen LogP contribution >= 0.6 is 11.6 Å². The lowest BCUT2D eigenvalue weighted by atomic mass is 10.2. The van der Waals surface area contributed by atoms with E-state index in [-0.39, 0.29) is 0 Å². The van der Waals surface area contributed by atoms with Crippen LogP contribution in [-0.4, -0.2) is 32.3 Å². The summed E-state index contributed by atoms with van der Waals surface area (Å²) in [5.74, 6) is 0.582. The predicted octanol–water partition coefficient (Wildman–Crippen LogP) is 3.86. The average Bonchev–Trinajstić information content (AvgIpc) is 3.32. The Morgan fingerprint density at radius 2 is 2.17 bits per heavy atom. The molecular formula is C18H19ClN4O. The lowest BCUT2D eigenvalue weighted by Gasteiger charge is -2.23. The van der Waals surface area contributed by atoms with E-state index in [0.717, 1.165) is 30.9 Å². The molecule has 5 nitrogen and oxygen atoms in total. The van der Waals surface area contributed by atoms with Crippen molar-refractivity contribution in [2.24, 2.45) is 0 Å². The Labute approximate surface area is 145 Å². The fraction of sp³-hybridized carbons (Fsp3) is 0.333. The standard InChI is InChI=1S/C18H19ClN4O/c19-17-7-2-1-6-16(17)18-21-14(13-24-18)11-22-9-3-5-15(22)12-23-10-4-8-20-23/h1-2,4,6-8,10,13,15H,3,5,9,11-12H2/t15-/m1/s1. The van der Waals surface area contributed by atoms with Crippen LogP contribution in [0.25, 0.3) is 11.5 Å². The van der Waals surface area contributed by atoms with Crippen molar-refractivity contribution in [3.05, 3.63) is 59.7 Å². The number of halogens is 1. The minimum atomic E-state index is 0.491. The molecule has 124 valence electrons. The first-order valence-corrected chi connectivity index (χ1v) is 8.58. The van der Waals surface area contributed by atoms with E-state index < -0.39 is 0 Å². The number of oxazole rings is 1. The maximum Gasteiger partial charge on any atom is 0.227 e. The summed E-state index contributed by atoms with van der Waals surface area (Å²) in [6.07, 6.45) is 7.98. The van der Waals surface area contributed by atoms with Crippen LogP contribution in [-0.2, 0) is 13.1 Å². The summed E-state index contributed by atoms with van der Waals surface area (Å²) in [6, 6.07) is 10.1. The molecule has 1 aliphatic heterocycles. The van der Waals surface area contributed by atoms with Gasteiger partial charge in [0.15, 0.2) is 0 Å². The number of nitrogens with zero attached hydrogens (tertiary/aromatic N) is 4. The third-order valence-corrected chi connectivity index (χ3v) is 4.81. The van der Waals surface area contributed by atoms with Crippen LogP contribution in [0.4, 0.5) is 0 Å². The maximum absolute atomic E-state index is 6.22. The highest BCUT2D eigenvalue weighted by Gasteiger charge is 2.26. The molecule has 1 aliphatic rings. The van der Waals surface area contributed by atoms with Crippen molar-refractivity contribution in [2.75, 3.05) is 6.54 Å². The number of likely N-dealkylation sites (tertiary alicyclic amines) is 1. The molecule has 1 fully saturated rings. The van der Waals surface area contributed by atoms with E-state index in [1.165, 1.54) is 12.8 Å². The molecule has 0 saturated carbocycles. The van der Waals surface area contributed by atoms with E-state index in [1.807, 2.05) is 47.4 Å². The fourth-order valence-corrected chi connectivity index (χ4v) is 3.50. The van der Waals surface area contributed by atoms with Crippen molar-refractivity contribution in [2.45, 2.75) is 32.0 Å². The zero-order valence-electron chi connectivity index (χ0n) is 13.3. The molecule has 0 unspecified atom stereocenters. The molecule has 0 bridgehead atoms. The Kier molecular flexibility index (Phi) is 4.36. The van der Waals surface area contributed by atoms with Crippen LogP contribution in [0.5, 0.6) is 0 Å². The number of hydrogen-bond donors (Lipinski definition) is 0. The summed E-state index contributed by atoms with van der Waals surface area (Å²) >= 11 is 6.22. The Morgan fingerprint density at radius 3 is 3.00 bits per heavy atom. The van der Waals surface area contributed by atoms with Crippen molar-refractivity contribution >= 4 is 11.6 Å². The van der Waals surface area contributed by atoms with Crippen molar-refractivity contribution < 1.29 is 4.42 Å². The summed E-state index contributed by atoms with van der Waals surface area (Å²) in [5.41, 5.74) is 1.78. The van der Waals surface area contributed by atoms with Gasteiger partial charge in [-0.25, -0.2) is 4.98 Å². The first-order valence-electron chi connectivity index (χ1n) is 8.20. The molecule has 1 saturated heterocycles. The topological polar surface area (TPSA) is 47.1 Å². The molecule has 4 rings (SSSR count). The Bertz CT molecular complexity index is 799. The van der Waals surface area contributed by atoms with Crippen LogP contribution in [0, 0.1) is 0 Å². The lowest BCUT2D eigenvalue weighted by Crippen LogP contribution is -2.32. The lowest BCUT2D eigenvalue weighted by molar-refractivity contribution is 0.217. The molecule has 3 aromatic rings. The number of rotatable bonds is 5. The van der Waals surface area contributed by atoms with Crippen molar-refractivity contribution in [1.29, 1.82) is 0 Å². The van der Waals surface area contributed by atoms with Gasteiger partial charge in [0.1, 0.15) is 6.26 Å². The van der Waals surface area contributed by atoms with Crippen LogP contribution in [0.2, 0.25) is 5.02 Å². The van der Waals surface area contributed by atoms with Gasteiger partial charge in [-0.15, -0.1) is 0 Å². The molecular weight excluding hydrogens is 324 g/mol. The van der Waals surface area contributed by atoms with Crippen LogP contribution in [0.15, 0.2) is 53.4 Å². The average molecular weight is 343 g/mol. The van der Waals surface area contributed by atoms with Gasteiger partial charge >= 0.3 is 0 Å². The van der Waals surface area contributed by atoms with Gasteiger partial charge in [0.2, 0.25) is 5.89 Å². The Hall–Kier alpha value is -2.11. The minimum absolute atomic E-state index is 0.491. The van der Waals surface area contributed by atoms with E-state index >= 15 is 0 Å². The van der Waals surface area contributed by atoms with Gasteiger partial charge in [-0.1, -0.05) is 23.7 Å². The first kappa shape index (κ1) is 15.4. The molecule has 0 aliphatic carbocycles. The Balaban J connectivity index is 1.46. The monoisotopic (exact) mass is 342 g/mol. The van der Waals surface area contributed by atoms with Crippen LogP contribution in [0.3, 0.4) is 0 Å². The molecule has 3 heterocycles. The fourth-order valence-electron chi connectivity index (χ4n) is 3.28. The van der Waals surface area contributed by atoms with Gasteiger partial charge in [-0.3, -0.25) is 9.58 Å². The normalized spacial score (nSPS) is 18.3. The highest BCUT2D eigenvalue weighted by molar-refractivity contribution is 6.33. The van der Waals surface area contributed by atoms with E-state index in [9.17, 15) is 0 Å². The highest BCUT2D eigenvalue weighted by atomic mass is 35.5. The van der Waals surface area contributed by atoms with E-state index in [0.29, 0.717) is 17.0 Å². The van der Waals surface area contributed by atoms with Gasteiger partial charge < -0.3 is 4.42 Å². The third-order valence-electron chi connectivity index (χ3n) is 4.48. The second kappa shape index (κ2) is 6.79. The van der Waals surface area contributed by atoms with Gasteiger partial charge in [-0.05, 0) is 37.6 Å². The second-order valence-corrected chi connectivity index (χ2v) is 6.53. The number of benzene rings is 1. The molecule has 0 N–H and O–H groups in total. The molecule has 1 atom stereocenters. The zero-order chi connectivity index (χ0) is 16.4. The highest BCUT2D eigenvalue weighted by Crippen LogP contribution is 2.28. The summed E-state index contributed by atoms with van der Waals surface area (Å²) < 4.78 is 7.64. The van der Waals surface area contributed by atoms with Crippen LogP contribution < -0.4 is 0 Å². The molecule has 0 spiro atoms. The van der Waals surface area contributed by atoms with Crippen molar-refractivity contribution in [3.8, 4) is 11.5 Å². The Morgan fingerprint density at radius 1 is 1.25 bits per heavy atom. The van der Waals surface area contributed by atoms with E-state index in [1.54, 1.807) is 6.26 Å². The van der Waals surface area contributed by atoms with Gasteiger partial charge in [0.05, 0.1) is 22.8 Å². The molecule has 24 heavy (non-hydrogen) atoms. The van der Waals surface area contributed by atoms with Gasteiger partial charge in [0, 0.05) is 25.0 Å². The van der Waals surface area contributed by atoms with Crippen molar-refractivity contribution in [1.82, 2.24) is 19.7 Å². The maximum atomic E-state index is 6.22. The smallest absolute Gasteiger partial charge is 0.227 e.